The van der Waals surface area contributed by atoms with Crippen LogP contribution in [0.4, 0.5) is 0 Å². The van der Waals surface area contributed by atoms with Crippen LogP contribution in [0.1, 0.15) is 38.8 Å². The predicted molar refractivity (Wildman–Crippen MR) is 107 cm³/mol. The van der Waals surface area contributed by atoms with Crippen molar-refractivity contribution in [2.45, 2.75) is 57.7 Å². The van der Waals surface area contributed by atoms with Crippen molar-refractivity contribution in [1.29, 1.82) is 0 Å². The van der Waals surface area contributed by atoms with Crippen molar-refractivity contribution < 1.29 is 24.3 Å². The van der Waals surface area contributed by atoms with E-state index in [9.17, 15) is 24.3 Å². The number of hydrogen-bond acceptors (Lipinski definition) is 6. The number of aromatic nitrogens is 2. The van der Waals surface area contributed by atoms with Gasteiger partial charge in [-0.05, 0) is 25.2 Å². The molecule has 1 saturated heterocycles. The zero-order chi connectivity index (χ0) is 22.3. The van der Waals surface area contributed by atoms with Crippen molar-refractivity contribution >= 4 is 23.7 Å². The van der Waals surface area contributed by atoms with Gasteiger partial charge < -0.3 is 31.4 Å². The number of carbonyl (C=O) groups is 4. The molecule has 1 aromatic heterocycles. The molecule has 0 aliphatic carbocycles. The van der Waals surface area contributed by atoms with Crippen LogP contribution in [0.15, 0.2) is 12.5 Å². The minimum Gasteiger partial charge on any atom is -0.480 e. The molecule has 30 heavy (non-hydrogen) atoms. The Morgan fingerprint density at radius 2 is 2.03 bits per heavy atom. The third-order valence-electron chi connectivity index (χ3n) is 4.98. The number of likely N-dealkylation sites (tertiary alicyclic amines) is 1. The number of carbonyl (C=O) groups excluding carboxylic acids is 3. The molecule has 1 fully saturated rings. The van der Waals surface area contributed by atoms with Crippen LogP contribution in [0.25, 0.3) is 0 Å². The lowest BCUT2D eigenvalue weighted by atomic mass is 10.0. The van der Waals surface area contributed by atoms with E-state index >= 15 is 0 Å². The van der Waals surface area contributed by atoms with Crippen LogP contribution in [0.2, 0.25) is 0 Å². The maximum Gasteiger partial charge on any atom is 0.326 e. The Morgan fingerprint density at radius 3 is 2.60 bits per heavy atom. The van der Waals surface area contributed by atoms with Crippen LogP contribution in [0.5, 0.6) is 0 Å². The van der Waals surface area contributed by atoms with E-state index in [0.717, 1.165) is 0 Å². The first-order chi connectivity index (χ1) is 14.2. The fourth-order valence-electron chi connectivity index (χ4n) is 3.51. The van der Waals surface area contributed by atoms with Crippen molar-refractivity contribution in [2.75, 3.05) is 13.1 Å². The van der Waals surface area contributed by atoms with Gasteiger partial charge in [-0.2, -0.15) is 0 Å². The Balaban J connectivity index is 2.14. The van der Waals surface area contributed by atoms with E-state index in [1.807, 2.05) is 13.8 Å². The number of nitrogens with two attached hydrogens (primary N) is 1. The molecular weight excluding hydrogens is 392 g/mol. The van der Waals surface area contributed by atoms with Crippen LogP contribution in [0, 0.1) is 5.92 Å². The second-order valence-corrected chi connectivity index (χ2v) is 7.82. The standard InChI is InChI=1S/C19H30N6O5/c1-11(2)6-14(19(29)30)24-17(27)13(7-12-9-21-10-22-12)23-18(28)15-4-3-5-25(15)16(26)8-20/h9-11,13-15H,3-8,20H2,1-2H3,(H,21,22)(H,23,28)(H,24,27)(H,29,30). The zero-order valence-electron chi connectivity index (χ0n) is 17.3. The van der Waals surface area contributed by atoms with Gasteiger partial charge in [0.2, 0.25) is 17.7 Å². The number of aromatic amines is 1. The van der Waals surface area contributed by atoms with E-state index in [-0.39, 0.29) is 31.2 Å². The lowest BCUT2D eigenvalue weighted by molar-refractivity contribution is -0.143. The molecule has 0 saturated carbocycles. The van der Waals surface area contributed by atoms with Crippen LogP contribution >= 0.6 is 0 Å². The summed E-state index contributed by atoms with van der Waals surface area (Å²) in [5, 5.41) is 14.6. The monoisotopic (exact) mass is 422 g/mol. The number of hydrogen-bond donors (Lipinski definition) is 5. The van der Waals surface area contributed by atoms with E-state index < -0.39 is 35.9 Å². The van der Waals surface area contributed by atoms with E-state index in [4.69, 9.17) is 5.73 Å². The summed E-state index contributed by atoms with van der Waals surface area (Å²) in [5.74, 6) is -2.49. The van der Waals surface area contributed by atoms with Crippen LogP contribution in [0.3, 0.4) is 0 Å². The molecule has 1 aromatic rings. The number of rotatable bonds is 10. The molecule has 3 atom stereocenters. The van der Waals surface area contributed by atoms with Gasteiger partial charge in [-0.25, -0.2) is 9.78 Å². The molecule has 2 rings (SSSR count). The first-order valence-electron chi connectivity index (χ1n) is 10.0. The molecule has 0 spiro atoms. The van der Waals surface area contributed by atoms with Crippen molar-refractivity contribution in [3.05, 3.63) is 18.2 Å². The number of aliphatic carboxylic acids is 1. The van der Waals surface area contributed by atoms with Gasteiger partial charge in [-0.3, -0.25) is 14.4 Å². The maximum absolute atomic E-state index is 12.9. The number of carboxylic acid groups (broad SMARTS) is 1. The predicted octanol–water partition coefficient (Wildman–Crippen LogP) is -0.998. The van der Waals surface area contributed by atoms with Crippen molar-refractivity contribution in [3.63, 3.8) is 0 Å². The lowest BCUT2D eigenvalue weighted by Gasteiger charge is -2.27. The highest BCUT2D eigenvalue weighted by molar-refractivity contribution is 5.94. The van der Waals surface area contributed by atoms with E-state index in [0.29, 0.717) is 25.1 Å². The Bertz CT molecular complexity index is 751. The second-order valence-electron chi connectivity index (χ2n) is 7.82. The molecule has 0 bridgehead atoms. The molecule has 3 amide bonds. The Morgan fingerprint density at radius 1 is 1.30 bits per heavy atom. The van der Waals surface area contributed by atoms with E-state index in [1.165, 1.54) is 17.4 Å². The number of nitrogens with one attached hydrogen (secondary N) is 3. The number of carboxylic acids is 1. The summed E-state index contributed by atoms with van der Waals surface area (Å²) in [7, 11) is 0. The third-order valence-corrected chi connectivity index (χ3v) is 4.98. The summed E-state index contributed by atoms with van der Waals surface area (Å²) in [5.41, 5.74) is 6.03. The SMILES string of the molecule is CC(C)CC(NC(=O)C(Cc1cnc[nH]1)NC(=O)C1CCCN1C(=O)CN)C(=O)O. The summed E-state index contributed by atoms with van der Waals surface area (Å²) in [4.78, 5) is 57.4. The molecule has 3 unspecified atom stereocenters. The molecule has 11 heteroatoms. The van der Waals surface area contributed by atoms with Crippen LogP contribution in [-0.2, 0) is 25.6 Å². The minimum absolute atomic E-state index is 0.0568. The molecule has 1 aliphatic heterocycles. The smallest absolute Gasteiger partial charge is 0.326 e. The highest BCUT2D eigenvalue weighted by atomic mass is 16.4. The van der Waals surface area contributed by atoms with Crippen LogP contribution in [-0.4, -0.2) is 74.9 Å². The fraction of sp³-hybridized carbons (Fsp3) is 0.632. The van der Waals surface area contributed by atoms with Crippen molar-refractivity contribution in [2.24, 2.45) is 11.7 Å². The third kappa shape index (κ3) is 6.28. The summed E-state index contributed by atoms with van der Waals surface area (Å²) in [6.45, 7) is 3.95. The molecule has 1 aliphatic rings. The topological polar surface area (TPSA) is 171 Å². The van der Waals surface area contributed by atoms with Gasteiger partial charge in [0.15, 0.2) is 0 Å². The highest BCUT2D eigenvalue weighted by Gasteiger charge is 2.36. The second kappa shape index (κ2) is 10.7. The van der Waals surface area contributed by atoms with Crippen molar-refractivity contribution in [1.82, 2.24) is 25.5 Å². The average Bonchev–Trinajstić information content (AvgIpc) is 3.37. The Kier molecular flexibility index (Phi) is 8.34. The minimum atomic E-state index is -1.14. The average molecular weight is 422 g/mol. The van der Waals surface area contributed by atoms with E-state index in [2.05, 4.69) is 20.6 Å². The van der Waals surface area contributed by atoms with Gasteiger partial charge in [0.05, 0.1) is 12.9 Å². The number of imidazole rings is 1. The molecule has 166 valence electrons. The zero-order valence-corrected chi connectivity index (χ0v) is 17.3. The molecule has 6 N–H and O–H groups in total. The largest absolute Gasteiger partial charge is 0.480 e. The summed E-state index contributed by atoms with van der Waals surface area (Å²) < 4.78 is 0. The fourth-order valence-corrected chi connectivity index (χ4v) is 3.51. The van der Waals surface area contributed by atoms with Gasteiger partial charge in [0, 0.05) is 24.9 Å². The van der Waals surface area contributed by atoms with Gasteiger partial charge in [0.25, 0.3) is 0 Å². The highest BCUT2D eigenvalue weighted by Crippen LogP contribution is 2.18. The molecule has 2 heterocycles. The first kappa shape index (κ1) is 23.3. The van der Waals surface area contributed by atoms with Gasteiger partial charge >= 0.3 is 5.97 Å². The number of nitrogens with zero attached hydrogens (tertiary/aromatic N) is 2. The Labute approximate surface area is 174 Å². The quantitative estimate of drug-likeness (QED) is 0.322. The van der Waals surface area contributed by atoms with Gasteiger partial charge in [-0.15, -0.1) is 0 Å². The van der Waals surface area contributed by atoms with Gasteiger partial charge in [-0.1, -0.05) is 13.8 Å². The maximum atomic E-state index is 12.9. The molecule has 0 radical (unpaired) electrons. The molecular formula is C19H30N6O5. The number of amides is 3. The lowest BCUT2D eigenvalue weighted by Crippen LogP contribution is -2.56. The van der Waals surface area contributed by atoms with E-state index in [1.54, 1.807) is 0 Å². The summed E-state index contributed by atoms with van der Waals surface area (Å²) in [6.07, 6.45) is 4.47. The first-order valence-corrected chi connectivity index (χ1v) is 10.0. The number of H-pyrrole nitrogens is 1. The normalized spacial score (nSPS) is 18.1. The molecule has 11 nitrogen and oxygen atoms in total. The summed E-state index contributed by atoms with van der Waals surface area (Å²) >= 11 is 0. The molecule has 0 aromatic carbocycles. The summed E-state index contributed by atoms with van der Waals surface area (Å²) in [6, 6.07) is -2.80. The Hall–Kier alpha value is -2.95. The van der Waals surface area contributed by atoms with Gasteiger partial charge in [0.1, 0.15) is 18.1 Å². The van der Waals surface area contributed by atoms with Crippen molar-refractivity contribution in [3.8, 4) is 0 Å². The van der Waals surface area contributed by atoms with Crippen LogP contribution < -0.4 is 16.4 Å².